The third-order valence-electron chi connectivity index (χ3n) is 5.77. The Morgan fingerprint density at radius 2 is 1.97 bits per heavy atom. The minimum atomic E-state index is -0.993. The minimum Gasteiger partial charge on any atom is -0.343 e. The van der Waals surface area contributed by atoms with Crippen LogP contribution < -0.4 is 20.9 Å². The van der Waals surface area contributed by atoms with Crippen LogP contribution in [0.4, 0.5) is 15.9 Å². The second-order valence-electron chi connectivity index (χ2n) is 8.45. The number of likely N-dealkylation sites (N-methyl/N-ethyl adjacent to an activating group) is 1. The van der Waals surface area contributed by atoms with E-state index in [0.717, 1.165) is 6.07 Å². The van der Waals surface area contributed by atoms with E-state index >= 15 is 0 Å². The van der Waals surface area contributed by atoms with Crippen molar-refractivity contribution in [3.63, 3.8) is 0 Å². The number of nitrogens with zero attached hydrogens (tertiary/aromatic N) is 3. The highest BCUT2D eigenvalue weighted by molar-refractivity contribution is 6.09. The summed E-state index contributed by atoms with van der Waals surface area (Å²) in [6, 6.07) is 6.61. The molecule has 3 rings (SSSR count). The molecular formula is C24H27FN6O3. The summed E-state index contributed by atoms with van der Waals surface area (Å²) in [6.07, 6.45) is 1.70. The van der Waals surface area contributed by atoms with Gasteiger partial charge in [0.15, 0.2) is 0 Å². The SMILES string of the molecule is CN[C@@H](C)C(=O)N[C@H](C(=O)N1c2ncccc2C[C@H]1C(=O)Nc1ccc(C#N)cc1F)C(C)C. The van der Waals surface area contributed by atoms with Gasteiger partial charge in [-0.05, 0) is 49.7 Å². The van der Waals surface area contributed by atoms with E-state index in [1.54, 1.807) is 40.0 Å². The number of benzene rings is 1. The number of aromatic nitrogens is 1. The van der Waals surface area contributed by atoms with Crippen molar-refractivity contribution in [3.8, 4) is 6.07 Å². The van der Waals surface area contributed by atoms with Gasteiger partial charge in [-0.15, -0.1) is 0 Å². The quantitative estimate of drug-likeness (QED) is 0.570. The zero-order valence-electron chi connectivity index (χ0n) is 19.4. The number of anilines is 2. The second-order valence-corrected chi connectivity index (χ2v) is 8.45. The first-order valence-corrected chi connectivity index (χ1v) is 10.9. The van der Waals surface area contributed by atoms with Crippen molar-refractivity contribution < 1.29 is 18.8 Å². The zero-order chi connectivity index (χ0) is 25.0. The van der Waals surface area contributed by atoms with Gasteiger partial charge in [-0.25, -0.2) is 9.37 Å². The number of amides is 3. The molecule has 0 saturated heterocycles. The van der Waals surface area contributed by atoms with E-state index in [1.807, 2.05) is 6.07 Å². The lowest BCUT2D eigenvalue weighted by molar-refractivity contribution is -0.130. The summed E-state index contributed by atoms with van der Waals surface area (Å²) in [5.41, 5.74) is 0.710. The lowest BCUT2D eigenvalue weighted by atomic mass is 10.0. The zero-order valence-corrected chi connectivity index (χ0v) is 19.4. The molecule has 1 aromatic carbocycles. The van der Waals surface area contributed by atoms with E-state index in [0.29, 0.717) is 11.4 Å². The molecule has 178 valence electrons. The number of nitrogens with one attached hydrogen (secondary N) is 3. The maximum absolute atomic E-state index is 14.4. The summed E-state index contributed by atoms with van der Waals surface area (Å²) in [5.74, 6) is -2.14. The van der Waals surface area contributed by atoms with E-state index in [-0.39, 0.29) is 29.5 Å². The first-order chi connectivity index (χ1) is 16.2. The largest absolute Gasteiger partial charge is 0.343 e. The highest BCUT2D eigenvalue weighted by atomic mass is 19.1. The Kier molecular flexibility index (Phi) is 7.58. The number of nitriles is 1. The number of halogens is 1. The number of pyridine rings is 1. The number of hydrogen-bond donors (Lipinski definition) is 3. The summed E-state index contributed by atoms with van der Waals surface area (Å²) < 4.78 is 14.4. The maximum atomic E-state index is 14.4. The lowest BCUT2D eigenvalue weighted by Gasteiger charge is -2.31. The van der Waals surface area contributed by atoms with Gasteiger partial charge in [0.05, 0.1) is 23.4 Å². The Morgan fingerprint density at radius 3 is 2.59 bits per heavy atom. The van der Waals surface area contributed by atoms with Gasteiger partial charge < -0.3 is 16.0 Å². The summed E-state index contributed by atoms with van der Waals surface area (Å²) in [7, 11) is 1.64. The molecule has 0 bridgehead atoms. The average Bonchev–Trinajstić information content (AvgIpc) is 3.22. The molecular weight excluding hydrogens is 439 g/mol. The lowest BCUT2D eigenvalue weighted by Crippen LogP contribution is -2.57. The minimum absolute atomic E-state index is 0.100. The molecule has 0 unspecified atom stereocenters. The van der Waals surface area contributed by atoms with Gasteiger partial charge >= 0.3 is 0 Å². The van der Waals surface area contributed by atoms with E-state index in [2.05, 4.69) is 20.9 Å². The monoisotopic (exact) mass is 466 g/mol. The fourth-order valence-corrected chi connectivity index (χ4v) is 3.70. The molecule has 0 spiro atoms. The molecule has 0 aliphatic carbocycles. The van der Waals surface area contributed by atoms with Crippen molar-refractivity contribution in [2.75, 3.05) is 17.3 Å². The van der Waals surface area contributed by atoms with E-state index in [4.69, 9.17) is 5.26 Å². The number of carbonyl (C=O) groups excluding carboxylic acids is 3. The molecule has 10 heteroatoms. The summed E-state index contributed by atoms with van der Waals surface area (Å²) >= 11 is 0. The molecule has 1 aliphatic heterocycles. The van der Waals surface area contributed by atoms with Crippen LogP contribution in [0.1, 0.15) is 31.9 Å². The molecule has 3 amide bonds. The fourth-order valence-electron chi connectivity index (χ4n) is 3.70. The van der Waals surface area contributed by atoms with Crippen LogP contribution in [0, 0.1) is 23.1 Å². The summed E-state index contributed by atoms with van der Waals surface area (Å²) in [4.78, 5) is 45.0. The standard InChI is InChI=1S/C24H27FN6O3/c1-13(2)20(30-22(32)14(3)27-4)24(34)31-19(11-16-6-5-9-28-21(16)31)23(33)29-18-8-7-15(12-26)10-17(18)25/h5-10,13-14,19-20,27H,11H2,1-4H3,(H,29,33)(H,30,32)/t14-,19-,20-/m0/s1. The molecule has 0 radical (unpaired) electrons. The molecule has 0 saturated carbocycles. The molecule has 0 fully saturated rings. The van der Waals surface area contributed by atoms with Crippen molar-refractivity contribution in [1.82, 2.24) is 15.6 Å². The highest BCUT2D eigenvalue weighted by Gasteiger charge is 2.43. The highest BCUT2D eigenvalue weighted by Crippen LogP contribution is 2.32. The predicted molar refractivity (Wildman–Crippen MR) is 124 cm³/mol. The normalized spacial score (nSPS) is 16.4. The third kappa shape index (κ3) is 5.05. The first kappa shape index (κ1) is 24.8. The molecule has 34 heavy (non-hydrogen) atoms. The average molecular weight is 467 g/mol. The van der Waals surface area contributed by atoms with E-state index in [9.17, 15) is 18.8 Å². The van der Waals surface area contributed by atoms with Crippen molar-refractivity contribution in [1.29, 1.82) is 5.26 Å². The topological polar surface area (TPSA) is 127 Å². The Morgan fingerprint density at radius 1 is 1.24 bits per heavy atom. The molecule has 1 aromatic heterocycles. The Labute approximate surface area is 197 Å². The van der Waals surface area contributed by atoms with Crippen LogP contribution in [0.2, 0.25) is 0 Å². The van der Waals surface area contributed by atoms with Gasteiger partial charge in [0.25, 0.3) is 5.91 Å². The van der Waals surface area contributed by atoms with Gasteiger partial charge in [-0.1, -0.05) is 19.9 Å². The van der Waals surface area contributed by atoms with Crippen LogP contribution in [0.3, 0.4) is 0 Å². The van der Waals surface area contributed by atoms with Gasteiger partial charge in [-0.3, -0.25) is 19.3 Å². The third-order valence-corrected chi connectivity index (χ3v) is 5.77. The van der Waals surface area contributed by atoms with E-state index < -0.39 is 35.8 Å². The van der Waals surface area contributed by atoms with Gasteiger partial charge in [0.1, 0.15) is 23.7 Å². The second kappa shape index (κ2) is 10.4. The summed E-state index contributed by atoms with van der Waals surface area (Å²) in [6.45, 7) is 5.26. The van der Waals surface area contributed by atoms with Crippen molar-refractivity contribution in [2.45, 2.75) is 45.3 Å². The van der Waals surface area contributed by atoms with Crippen LogP contribution in [0.5, 0.6) is 0 Å². The number of fused-ring (bicyclic) bond motifs is 1. The predicted octanol–water partition coefficient (Wildman–Crippen LogP) is 1.74. The van der Waals surface area contributed by atoms with Gasteiger partial charge in [0.2, 0.25) is 11.8 Å². The number of carbonyl (C=O) groups is 3. The van der Waals surface area contributed by atoms with Crippen molar-refractivity contribution in [2.24, 2.45) is 5.92 Å². The van der Waals surface area contributed by atoms with Crippen LogP contribution in [-0.2, 0) is 20.8 Å². The smallest absolute Gasteiger partial charge is 0.251 e. The molecule has 9 nitrogen and oxygen atoms in total. The molecule has 1 aliphatic rings. The Bertz CT molecular complexity index is 1150. The molecule has 2 heterocycles. The van der Waals surface area contributed by atoms with Crippen molar-refractivity contribution >= 4 is 29.2 Å². The first-order valence-electron chi connectivity index (χ1n) is 10.9. The Hall–Kier alpha value is -3.84. The number of hydrogen-bond acceptors (Lipinski definition) is 6. The van der Waals surface area contributed by atoms with Gasteiger partial charge in [-0.2, -0.15) is 5.26 Å². The van der Waals surface area contributed by atoms with Gasteiger partial charge in [0, 0.05) is 12.6 Å². The summed E-state index contributed by atoms with van der Waals surface area (Å²) in [5, 5.41) is 17.0. The fraction of sp³-hybridized carbons (Fsp3) is 0.375. The molecule has 3 atom stereocenters. The van der Waals surface area contributed by atoms with Crippen LogP contribution in [0.15, 0.2) is 36.5 Å². The van der Waals surface area contributed by atoms with Crippen LogP contribution in [0.25, 0.3) is 0 Å². The Balaban J connectivity index is 1.92. The van der Waals surface area contributed by atoms with E-state index in [1.165, 1.54) is 23.2 Å². The molecule has 2 aromatic rings. The van der Waals surface area contributed by atoms with Crippen LogP contribution >= 0.6 is 0 Å². The number of rotatable bonds is 7. The molecule has 3 N–H and O–H groups in total. The maximum Gasteiger partial charge on any atom is 0.251 e. The van der Waals surface area contributed by atoms with Crippen LogP contribution in [-0.4, -0.2) is 47.9 Å². The van der Waals surface area contributed by atoms with Crippen molar-refractivity contribution in [3.05, 3.63) is 53.5 Å².